The van der Waals surface area contributed by atoms with Crippen LogP contribution in [0.1, 0.15) is 5.56 Å². The Bertz CT molecular complexity index is 1340. The Hall–Kier alpha value is -3.99. The molecule has 0 amide bonds. The van der Waals surface area contributed by atoms with E-state index in [1.165, 1.54) is 0 Å². The second-order valence-electron chi connectivity index (χ2n) is 6.84. The van der Waals surface area contributed by atoms with Gasteiger partial charge < -0.3 is 0 Å². The van der Waals surface area contributed by atoms with E-state index >= 15 is 0 Å². The Kier molecular flexibility index (Phi) is 4.26. The van der Waals surface area contributed by atoms with Crippen molar-refractivity contribution in [3.05, 3.63) is 113 Å². The molecule has 3 aromatic carbocycles. The molecule has 0 N–H and O–H groups in total. The SMILES string of the molecule is O=c1c2ccccc2ncn1Cc1cn(-c2ccccc2)nc1-c1ccccc1. The topological polar surface area (TPSA) is 52.7 Å². The number of para-hydroxylation sites is 2. The molecule has 0 aliphatic rings. The maximum absolute atomic E-state index is 13.0. The Balaban J connectivity index is 1.63. The highest BCUT2D eigenvalue weighted by molar-refractivity contribution is 5.77. The third-order valence-electron chi connectivity index (χ3n) is 4.93. The lowest BCUT2D eigenvalue weighted by Crippen LogP contribution is -2.21. The molecule has 0 saturated carbocycles. The third-order valence-corrected chi connectivity index (χ3v) is 4.93. The highest BCUT2D eigenvalue weighted by Crippen LogP contribution is 2.24. The van der Waals surface area contributed by atoms with Crippen LogP contribution in [0.3, 0.4) is 0 Å². The third kappa shape index (κ3) is 3.23. The summed E-state index contributed by atoms with van der Waals surface area (Å²) in [5.41, 5.74) is 4.45. The molecule has 5 nitrogen and oxygen atoms in total. The van der Waals surface area contributed by atoms with Gasteiger partial charge in [0.05, 0.1) is 35.2 Å². The molecule has 5 rings (SSSR count). The van der Waals surface area contributed by atoms with Crippen molar-refractivity contribution in [2.45, 2.75) is 6.54 Å². The fourth-order valence-electron chi connectivity index (χ4n) is 3.48. The number of rotatable bonds is 4. The van der Waals surface area contributed by atoms with E-state index in [4.69, 9.17) is 5.10 Å². The van der Waals surface area contributed by atoms with Gasteiger partial charge in [0.15, 0.2) is 0 Å². The standard InChI is InChI=1S/C24H18N4O/c29-24-21-13-7-8-14-22(21)25-17-27(24)15-19-16-28(20-11-5-2-6-12-20)26-23(19)18-9-3-1-4-10-18/h1-14,16-17H,15H2. The minimum atomic E-state index is -0.0536. The zero-order valence-electron chi connectivity index (χ0n) is 15.6. The van der Waals surface area contributed by atoms with Gasteiger partial charge in [-0.15, -0.1) is 0 Å². The average Bonchev–Trinajstić information content (AvgIpc) is 3.21. The minimum Gasteiger partial charge on any atom is -0.294 e. The number of hydrogen-bond acceptors (Lipinski definition) is 3. The summed E-state index contributed by atoms with van der Waals surface area (Å²) in [6, 6.07) is 27.4. The molecule has 0 atom stereocenters. The van der Waals surface area contributed by atoms with Gasteiger partial charge in [-0.1, -0.05) is 60.7 Å². The first-order valence-corrected chi connectivity index (χ1v) is 9.43. The summed E-state index contributed by atoms with van der Waals surface area (Å²) in [6.07, 6.45) is 3.60. The molecular formula is C24H18N4O. The summed E-state index contributed by atoms with van der Waals surface area (Å²) in [4.78, 5) is 17.4. The smallest absolute Gasteiger partial charge is 0.261 e. The molecule has 0 fully saturated rings. The first-order chi connectivity index (χ1) is 14.3. The normalized spacial score (nSPS) is 11.0. The summed E-state index contributed by atoms with van der Waals surface area (Å²) in [6.45, 7) is 0.397. The number of hydrogen-bond donors (Lipinski definition) is 0. The number of fused-ring (bicyclic) bond motifs is 1. The monoisotopic (exact) mass is 378 g/mol. The average molecular weight is 378 g/mol. The van der Waals surface area contributed by atoms with Crippen LogP contribution in [-0.4, -0.2) is 19.3 Å². The van der Waals surface area contributed by atoms with Gasteiger partial charge in [0.2, 0.25) is 0 Å². The summed E-state index contributed by atoms with van der Waals surface area (Å²) in [5.74, 6) is 0. The van der Waals surface area contributed by atoms with E-state index in [1.807, 2.05) is 95.8 Å². The largest absolute Gasteiger partial charge is 0.294 e. The highest BCUT2D eigenvalue weighted by atomic mass is 16.1. The minimum absolute atomic E-state index is 0.0536. The molecule has 2 aromatic heterocycles. The van der Waals surface area contributed by atoms with Gasteiger partial charge in [0, 0.05) is 17.3 Å². The van der Waals surface area contributed by atoms with Crippen molar-refractivity contribution in [3.63, 3.8) is 0 Å². The molecule has 5 heteroatoms. The van der Waals surface area contributed by atoms with Gasteiger partial charge in [0.25, 0.3) is 5.56 Å². The van der Waals surface area contributed by atoms with Gasteiger partial charge in [-0.25, -0.2) is 9.67 Å². The van der Waals surface area contributed by atoms with E-state index in [2.05, 4.69) is 4.98 Å². The lowest BCUT2D eigenvalue weighted by atomic mass is 10.1. The van der Waals surface area contributed by atoms with E-state index in [0.717, 1.165) is 22.5 Å². The molecule has 140 valence electrons. The predicted octanol–water partition coefficient (Wildman–Crippen LogP) is 4.30. The van der Waals surface area contributed by atoms with Crippen LogP contribution in [0.5, 0.6) is 0 Å². The van der Waals surface area contributed by atoms with Crippen molar-refractivity contribution in [2.24, 2.45) is 0 Å². The van der Waals surface area contributed by atoms with Crippen LogP contribution in [0.25, 0.3) is 27.8 Å². The van der Waals surface area contributed by atoms with Crippen molar-refractivity contribution in [1.29, 1.82) is 0 Å². The Morgan fingerprint density at radius 3 is 2.28 bits per heavy atom. The molecule has 29 heavy (non-hydrogen) atoms. The second-order valence-corrected chi connectivity index (χ2v) is 6.84. The van der Waals surface area contributed by atoms with Crippen LogP contribution in [-0.2, 0) is 6.54 Å². The van der Waals surface area contributed by atoms with Crippen molar-refractivity contribution < 1.29 is 0 Å². The van der Waals surface area contributed by atoms with Crippen LogP contribution in [0.2, 0.25) is 0 Å². The lowest BCUT2D eigenvalue weighted by molar-refractivity contribution is 0.749. The second kappa shape index (κ2) is 7.20. The van der Waals surface area contributed by atoms with E-state index in [9.17, 15) is 4.79 Å². The Morgan fingerprint density at radius 2 is 1.48 bits per heavy atom. The molecular weight excluding hydrogens is 360 g/mol. The summed E-state index contributed by atoms with van der Waals surface area (Å²) in [7, 11) is 0. The van der Waals surface area contributed by atoms with Crippen LogP contribution in [0.15, 0.2) is 102 Å². The van der Waals surface area contributed by atoms with Crippen LogP contribution in [0.4, 0.5) is 0 Å². The van der Waals surface area contributed by atoms with Crippen molar-refractivity contribution in [1.82, 2.24) is 19.3 Å². The van der Waals surface area contributed by atoms with Gasteiger partial charge in [-0.05, 0) is 24.3 Å². The number of aromatic nitrogens is 4. The highest BCUT2D eigenvalue weighted by Gasteiger charge is 2.14. The van der Waals surface area contributed by atoms with Gasteiger partial charge in [-0.2, -0.15) is 5.10 Å². The van der Waals surface area contributed by atoms with Gasteiger partial charge >= 0.3 is 0 Å². The zero-order chi connectivity index (χ0) is 19.6. The summed E-state index contributed by atoms with van der Waals surface area (Å²) in [5, 5.41) is 5.44. The predicted molar refractivity (Wildman–Crippen MR) is 114 cm³/mol. The maximum Gasteiger partial charge on any atom is 0.261 e. The molecule has 0 aliphatic heterocycles. The van der Waals surface area contributed by atoms with Gasteiger partial charge in [0.1, 0.15) is 0 Å². The first-order valence-electron chi connectivity index (χ1n) is 9.43. The molecule has 0 bridgehead atoms. The Morgan fingerprint density at radius 1 is 0.793 bits per heavy atom. The van der Waals surface area contributed by atoms with E-state index < -0.39 is 0 Å². The summed E-state index contributed by atoms with van der Waals surface area (Å²) < 4.78 is 3.50. The fourth-order valence-corrected chi connectivity index (χ4v) is 3.48. The van der Waals surface area contributed by atoms with Crippen molar-refractivity contribution in [2.75, 3.05) is 0 Å². The van der Waals surface area contributed by atoms with Crippen molar-refractivity contribution in [3.8, 4) is 16.9 Å². The maximum atomic E-state index is 13.0. The Labute approximate surface area is 167 Å². The number of nitrogens with zero attached hydrogens (tertiary/aromatic N) is 4. The van der Waals surface area contributed by atoms with Crippen LogP contribution < -0.4 is 5.56 Å². The molecule has 0 saturated heterocycles. The molecule has 5 aromatic rings. The van der Waals surface area contributed by atoms with E-state index in [0.29, 0.717) is 17.4 Å². The summed E-state index contributed by atoms with van der Waals surface area (Å²) >= 11 is 0. The molecule has 2 heterocycles. The van der Waals surface area contributed by atoms with E-state index in [1.54, 1.807) is 10.9 Å². The lowest BCUT2D eigenvalue weighted by Gasteiger charge is -2.07. The quantitative estimate of drug-likeness (QED) is 0.469. The molecule has 0 radical (unpaired) electrons. The number of benzene rings is 3. The van der Waals surface area contributed by atoms with Crippen LogP contribution >= 0.6 is 0 Å². The van der Waals surface area contributed by atoms with E-state index in [-0.39, 0.29) is 5.56 Å². The molecule has 0 spiro atoms. The molecule has 0 unspecified atom stereocenters. The fraction of sp³-hybridized carbons (Fsp3) is 0.0417. The first kappa shape index (κ1) is 17.1. The molecule has 0 aliphatic carbocycles. The van der Waals surface area contributed by atoms with Crippen molar-refractivity contribution >= 4 is 10.9 Å². The van der Waals surface area contributed by atoms with Gasteiger partial charge in [-0.3, -0.25) is 9.36 Å². The zero-order valence-corrected chi connectivity index (χ0v) is 15.6. The van der Waals surface area contributed by atoms with Crippen LogP contribution in [0, 0.1) is 0 Å².